The molecule has 170 valence electrons. The van der Waals surface area contributed by atoms with E-state index in [0.717, 1.165) is 16.0 Å². The van der Waals surface area contributed by atoms with Crippen molar-refractivity contribution in [1.29, 1.82) is 0 Å². The summed E-state index contributed by atoms with van der Waals surface area (Å²) in [6.45, 7) is 5.86. The molecule has 0 saturated carbocycles. The third-order valence-electron chi connectivity index (χ3n) is 5.75. The molecule has 1 fully saturated rings. The topological polar surface area (TPSA) is 88.2 Å². The quantitative estimate of drug-likeness (QED) is 0.639. The summed E-state index contributed by atoms with van der Waals surface area (Å²) < 4.78 is 10.6. The van der Waals surface area contributed by atoms with E-state index in [1.807, 2.05) is 44.2 Å². The third-order valence-corrected chi connectivity index (χ3v) is 5.75. The number of methoxy groups -OCH3 is 2. The van der Waals surface area contributed by atoms with Gasteiger partial charge in [0.15, 0.2) is 11.5 Å². The number of hydrogen-bond acceptors (Lipinski definition) is 5. The Morgan fingerprint density at radius 1 is 1.06 bits per heavy atom. The lowest BCUT2D eigenvalue weighted by Gasteiger charge is -2.25. The molecular weight excluding hydrogens is 410 g/mol. The molecule has 1 unspecified atom stereocenters. The average molecular weight is 440 g/mol. The van der Waals surface area contributed by atoms with E-state index in [0.29, 0.717) is 30.2 Å². The van der Waals surface area contributed by atoms with Crippen LogP contribution in [-0.2, 0) is 21.7 Å². The average Bonchev–Trinajstić information content (AvgIpc) is 3.01. The number of aryl methyl sites for hydroxylation is 1. The Bertz CT molecular complexity index is 1020. The van der Waals surface area contributed by atoms with Crippen LogP contribution < -0.4 is 14.8 Å². The molecule has 1 saturated heterocycles. The lowest BCUT2D eigenvalue weighted by atomic mass is 9.91. The number of likely N-dealkylation sites (N-methyl/N-ethyl adjacent to an activating group) is 1. The number of nitrogens with zero attached hydrogens (tertiary/aromatic N) is 2. The van der Waals surface area contributed by atoms with E-state index in [1.54, 1.807) is 38.2 Å². The summed E-state index contributed by atoms with van der Waals surface area (Å²) in [5.41, 5.74) is 1.37. The van der Waals surface area contributed by atoms with Crippen LogP contribution in [-0.4, -0.2) is 55.0 Å². The van der Waals surface area contributed by atoms with E-state index in [9.17, 15) is 14.4 Å². The molecule has 0 aromatic heterocycles. The maximum Gasteiger partial charge on any atom is 0.325 e. The summed E-state index contributed by atoms with van der Waals surface area (Å²) in [7, 11) is 3.11. The molecule has 2 aromatic rings. The zero-order valence-corrected chi connectivity index (χ0v) is 19.1. The van der Waals surface area contributed by atoms with Crippen molar-refractivity contribution in [2.24, 2.45) is 0 Å². The molecule has 3 rings (SSSR count). The molecule has 8 heteroatoms. The Kier molecular flexibility index (Phi) is 6.72. The minimum atomic E-state index is -1.20. The number of urea groups is 1. The Hall–Kier alpha value is -3.55. The largest absolute Gasteiger partial charge is 0.493 e. The van der Waals surface area contributed by atoms with Crippen LogP contribution in [0.3, 0.4) is 0 Å². The Morgan fingerprint density at radius 3 is 2.31 bits per heavy atom. The van der Waals surface area contributed by atoms with E-state index < -0.39 is 17.5 Å². The summed E-state index contributed by atoms with van der Waals surface area (Å²) >= 11 is 0. The van der Waals surface area contributed by atoms with Crippen molar-refractivity contribution in [3.8, 4) is 11.5 Å². The van der Waals surface area contributed by atoms with E-state index >= 15 is 0 Å². The predicted octanol–water partition coefficient (Wildman–Crippen LogP) is 2.83. The van der Waals surface area contributed by atoms with Gasteiger partial charge in [-0.15, -0.1) is 0 Å². The number of carbonyl (C=O) groups is 3. The fourth-order valence-electron chi connectivity index (χ4n) is 3.73. The molecular formula is C24H29N3O5. The normalized spacial score (nSPS) is 17.8. The lowest BCUT2D eigenvalue weighted by molar-refractivity contribution is -0.139. The van der Waals surface area contributed by atoms with Gasteiger partial charge in [-0.3, -0.25) is 14.5 Å². The predicted molar refractivity (Wildman–Crippen MR) is 119 cm³/mol. The second-order valence-corrected chi connectivity index (χ2v) is 7.91. The van der Waals surface area contributed by atoms with Crippen LogP contribution in [0.15, 0.2) is 42.5 Å². The SMILES string of the molecule is CCN(Cc1ccc(OC)c(OC)c1)C(=O)CN1C(=O)NC(C)(c2ccc(C)cc2)C1=O. The van der Waals surface area contributed by atoms with Gasteiger partial charge in [-0.25, -0.2) is 4.79 Å². The first-order valence-electron chi connectivity index (χ1n) is 10.4. The summed E-state index contributed by atoms with van der Waals surface area (Å²) in [6.07, 6.45) is 0. The number of amides is 4. The molecule has 0 radical (unpaired) electrons. The zero-order valence-electron chi connectivity index (χ0n) is 19.1. The van der Waals surface area contributed by atoms with E-state index in [-0.39, 0.29) is 12.5 Å². The Labute approximate surface area is 188 Å². The smallest absolute Gasteiger partial charge is 0.325 e. The number of carbonyl (C=O) groups excluding carboxylic acids is 3. The second kappa shape index (κ2) is 9.30. The molecule has 1 heterocycles. The fraction of sp³-hybridized carbons (Fsp3) is 0.375. The molecule has 32 heavy (non-hydrogen) atoms. The van der Waals surface area contributed by atoms with Crippen molar-refractivity contribution in [3.63, 3.8) is 0 Å². The summed E-state index contributed by atoms with van der Waals surface area (Å²) in [4.78, 5) is 41.3. The molecule has 1 aliphatic heterocycles. The standard InChI is InChI=1S/C24H29N3O5/c1-6-26(14-17-9-12-19(31-4)20(13-17)32-5)21(28)15-27-22(29)24(3,25-23(27)30)18-10-7-16(2)8-11-18/h7-13H,6,14-15H2,1-5H3,(H,25,30). The lowest BCUT2D eigenvalue weighted by Crippen LogP contribution is -2.44. The highest BCUT2D eigenvalue weighted by atomic mass is 16.5. The molecule has 1 N–H and O–H groups in total. The highest BCUT2D eigenvalue weighted by Gasteiger charge is 2.49. The van der Waals surface area contributed by atoms with Gasteiger partial charge in [0, 0.05) is 13.1 Å². The van der Waals surface area contributed by atoms with E-state index in [1.165, 1.54) is 0 Å². The van der Waals surface area contributed by atoms with Gasteiger partial charge in [0.05, 0.1) is 14.2 Å². The van der Waals surface area contributed by atoms with Crippen molar-refractivity contribution < 1.29 is 23.9 Å². The van der Waals surface area contributed by atoms with Crippen LogP contribution in [0.25, 0.3) is 0 Å². The third kappa shape index (κ3) is 4.39. The molecule has 4 amide bonds. The highest BCUT2D eigenvalue weighted by molar-refractivity contribution is 6.09. The van der Waals surface area contributed by atoms with Crippen molar-refractivity contribution >= 4 is 17.8 Å². The van der Waals surface area contributed by atoms with Crippen LogP contribution in [0.5, 0.6) is 11.5 Å². The summed E-state index contributed by atoms with van der Waals surface area (Å²) in [5.74, 6) is 0.401. The van der Waals surface area contributed by atoms with Crippen molar-refractivity contribution in [3.05, 3.63) is 59.2 Å². The number of benzene rings is 2. The number of rotatable bonds is 8. The monoisotopic (exact) mass is 439 g/mol. The molecule has 0 spiro atoms. The zero-order chi connectivity index (χ0) is 23.5. The number of imide groups is 1. The fourth-order valence-corrected chi connectivity index (χ4v) is 3.73. The van der Waals surface area contributed by atoms with Gasteiger partial charge in [0.1, 0.15) is 12.1 Å². The maximum absolute atomic E-state index is 13.1. The maximum atomic E-state index is 13.1. The van der Waals surface area contributed by atoms with Crippen LogP contribution in [0.2, 0.25) is 0 Å². The Morgan fingerprint density at radius 2 is 1.72 bits per heavy atom. The van der Waals surface area contributed by atoms with Gasteiger partial charge in [-0.05, 0) is 44.0 Å². The first-order valence-corrected chi connectivity index (χ1v) is 10.4. The number of nitrogens with one attached hydrogen (secondary N) is 1. The van der Waals surface area contributed by atoms with Gasteiger partial charge in [0.25, 0.3) is 5.91 Å². The van der Waals surface area contributed by atoms with E-state index in [4.69, 9.17) is 9.47 Å². The first kappa shape index (κ1) is 23.1. The molecule has 1 atom stereocenters. The molecule has 0 bridgehead atoms. The molecule has 2 aromatic carbocycles. The van der Waals surface area contributed by atoms with Gasteiger partial charge < -0.3 is 19.7 Å². The minimum Gasteiger partial charge on any atom is -0.493 e. The van der Waals surface area contributed by atoms with Crippen molar-refractivity contribution in [1.82, 2.24) is 15.1 Å². The van der Waals surface area contributed by atoms with Crippen molar-refractivity contribution in [2.75, 3.05) is 27.3 Å². The number of ether oxygens (including phenoxy) is 2. The van der Waals surface area contributed by atoms with Gasteiger partial charge in [-0.1, -0.05) is 35.9 Å². The van der Waals surface area contributed by atoms with E-state index in [2.05, 4.69) is 5.32 Å². The molecule has 0 aliphatic carbocycles. The van der Waals surface area contributed by atoms with Gasteiger partial charge >= 0.3 is 6.03 Å². The first-order chi connectivity index (χ1) is 15.2. The van der Waals surface area contributed by atoms with Gasteiger partial charge in [-0.2, -0.15) is 0 Å². The van der Waals surface area contributed by atoms with Crippen LogP contribution in [0.1, 0.15) is 30.5 Å². The second-order valence-electron chi connectivity index (χ2n) is 7.91. The van der Waals surface area contributed by atoms with Gasteiger partial charge in [0.2, 0.25) is 5.91 Å². The van der Waals surface area contributed by atoms with Crippen LogP contribution in [0.4, 0.5) is 4.79 Å². The number of hydrogen-bond donors (Lipinski definition) is 1. The minimum absolute atomic E-state index is 0.314. The summed E-state index contributed by atoms with van der Waals surface area (Å²) in [6, 6.07) is 12.2. The Balaban J connectivity index is 1.74. The van der Waals surface area contributed by atoms with Crippen molar-refractivity contribution in [2.45, 2.75) is 32.9 Å². The van der Waals surface area contributed by atoms with Crippen LogP contribution in [0, 0.1) is 6.92 Å². The van der Waals surface area contributed by atoms with Crippen LogP contribution >= 0.6 is 0 Å². The molecule has 1 aliphatic rings. The summed E-state index contributed by atoms with van der Waals surface area (Å²) in [5, 5.41) is 2.74. The highest BCUT2D eigenvalue weighted by Crippen LogP contribution is 2.30. The molecule has 8 nitrogen and oxygen atoms in total.